The van der Waals surface area contributed by atoms with Crippen LogP contribution < -0.4 is 33.6 Å². The summed E-state index contributed by atoms with van der Waals surface area (Å²) in [6.45, 7) is 1.73. The minimum Gasteiger partial charge on any atom is -0.480 e. The standard InChI is InChI=1S/C23H45N7O5/c24-12-4-1-8-16(27)20(31)28-17(9-2-5-13-25)21(32)29-18(10-3-6-14-26)22(33)30-15-7-11-19(30)23(34)35/h16-19H,1-15,24-27H2,(H,28,31)(H,29,32)(H,34,35)/t16-,17-,18-,19-/m0/s1. The maximum absolute atomic E-state index is 13.2. The number of unbranched alkanes of at least 4 members (excludes halogenated alkanes) is 3. The SMILES string of the molecule is NCCCC[C@H](NC(=O)[C@@H](N)CCCCN)C(=O)N[C@@H](CCCCN)C(=O)N1CCC[C@H]1C(=O)O. The third kappa shape index (κ3) is 10.9. The molecule has 0 radical (unpaired) electrons. The molecule has 0 aromatic rings. The van der Waals surface area contributed by atoms with E-state index in [9.17, 15) is 24.3 Å². The number of carboxylic acids is 1. The van der Waals surface area contributed by atoms with E-state index in [2.05, 4.69) is 10.6 Å². The van der Waals surface area contributed by atoms with E-state index in [-0.39, 0.29) is 0 Å². The number of carbonyl (C=O) groups excluding carboxylic acids is 3. The molecule has 0 aliphatic carbocycles. The number of carboxylic acid groups (broad SMARTS) is 1. The Morgan fingerprint density at radius 3 is 1.86 bits per heavy atom. The summed E-state index contributed by atoms with van der Waals surface area (Å²) < 4.78 is 0. The van der Waals surface area contributed by atoms with Crippen molar-refractivity contribution < 1.29 is 24.3 Å². The zero-order valence-electron chi connectivity index (χ0n) is 20.8. The largest absolute Gasteiger partial charge is 0.480 e. The lowest BCUT2D eigenvalue weighted by atomic mass is 10.0. The maximum Gasteiger partial charge on any atom is 0.326 e. The zero-order chi connectivity index (χ0) is 26.2. The van der Waals surface area contributed by atoms with E-state index in [4.69, 9.17) is 22.9 Å². The Kier molecular flexibility index (Phi) is 15.1. The van der Waals surface area contributed by atoms with Crippen molar-refractivity contribution in [3.05, 3.63) is 0 Å². The van der Waals surface area contributed by atoms with Crippen LogP contribution in [-0.4, -0.2) is 84.0 Å². The van der Waals surface area contributed by atoms with E-state index in [1.54, 1.807) is 0 Å². The van der Waals surface area contributed by atoms with Gasteiger partial charge >= 0.3 is 5.97 Å². The third-order valence-corrected chi connectivity index (χ3v) is 6.27. The Bertz CT molecular complexity index is 679. The number of nitrogens with one attached hydrogen (secondary N) is 2. The van der Waals surface area contributed by atoms with E-state index < -0.39 is 47.9 Å². The Morgan fingerprint density at radius 2 is 1.31 bits per heavy atom. The van der Waals surface area contributed by atoms with Gasteiger partial charge < -0.3 is 43.6 Å². The van der Waals surface area contributed by atoms with Gasteiger partial charge in [-0.15, -0.1) is 0 Å². The molecule has 0 unspecified atom stereocenters. The average molecular weight is 500 g/mol. The molecule has 4 atom stereocenters. The van der Waals surface area contributed by atoms with Crippen LogP contribution in [0.1, 0.15) is 70.6 Å². The van der Waals surface area contributed by atoms with Gasteiger partial charge in [0, 0.05) is 6.54 Å². The average Bonchev–Trinajstić information content (AvgIpc) is 3.33. The smallest absolute Gasteiger partial charge is 0.326 e. The van der Waals surface area contributed by atoms with Gasteiger partial charge in [0.25, 0.3) is 0 Å². The van der Waals surface area contributed by atoms with Crippen molar-refractivity contribution >= 4 is 23.7 Å². The molecule has 1 rings (SSSR count). The number of carbonyl (C=O) groups is 4. The molecule has 12 nitrogen and oxygen atoms in total. The van der Waals surface area contributed by atoms with Crippen molar-refractivity contribution in [1.82, 2.24) is 15.5 Å². The predicted octanol–water partition coefficient (Wildman–Crippen LogP) is -1.25. The molecule has 0 aromatic heterocycles. The molecule has 1 fully saturated rings. The van der Waals surface area contributed by atoms with Crippen molar-refractivity contribution in [1.29, 1.82) is 0 Å². The zero-order valence-corrected chi connectivity index (χ0v) is 20.8. The minimum absolute atomic E-state index is 0.326. The molecule has 1 aliphatic rings. The maximum atomic E-state index is 13.2. The summed E-state index contributed by atoms with van der Waals surface area (Å²) in [6.07, 6.45) is 6.08. The number of hydrogen-bond donors (Lipinski definition) is 7. The number of nitrogens with zero attached hydrogens (tertiary/aromatic N) is 1. The first kappa shape index (κ1) is 30.8. The number of likely N-dealkylation sites (tertiary alicyclic amines) is 1. The van der Waals surface area contributed by atoms with Gasteiger partial charge in [0.05, 0.1) is 6.04 Å². The molecule has 0 saturated carbocycles. The second kappa shape index (κ2) is 17.2. The summed E-state index contributed by atoms with van der Waals surface area (Å²) in [6, 6.07) is -3.45. The first-order valence-electron chi connectivity index (χ1n) is 12.8. The summed E-state index contributed by atoms with van der Waals surface area (Å²) in [5.74, 6) is -2.42. The number of aliphatic carboxylic acids is 1. The van der Waals surface area contributed by atoms with E-state index in [0.717, 1.165) is 6.42 Å². The second-order valence-corrected chi connectivity index (χ2v) is 9.11. The molecule has 35 heavy (non-hydrogen) atoms. The summed E-state index contributed by atoms with van der Waals surface area (Å²) in [5.41, 5.74) is 22.6. The highest BCUT2D eigenvalue weighted by Crippen LogP contribution is 2.20. The summed E-state index contributed by atoms with van der Waals surface area (Å²) in [4.78, 5) is 52.0. The van der Waals surface area contributed by atoms with Gasteiger partial charge in [-0.05, 0) is 83.8 Å². The van der Waals surface area contributed by atoms with Crippen molar-refractivity contribution in [3.8, 4) is 0 Å². The van der Waals surface area contributed by atoms with Crippen molar-refractivity contribution in [2.24, 2.45) is 22.9 Å². The van der Waals surface area contributed by atoms with Gasteiger partial charge in [-0.2, -0.15) is 0 Å². The molecule has 1 aliphatic heterocycles. The van der Waals surface area contributed by atoms with Gasteiger partial charge in [0.2, 0.25) is 17.7 Å². The van der Waals surface area contributed by atoms with Gasteiger partial charge in [-0.3, -0.25) is 14.4 Å². The Labute approximate surface area is 207 Å². The highest BCUT2D eigenvalue weighted by Gasteiger charge is 2.38. The fourth-order valence-electron chi connectivity index (χ4n) is 4.19. The molecule has 0 bridgehead atoms. The fraction of sp³-hybridized carbons (Fsp3) is 0.826. The summed E-state index contributed by atoms with van der Waals surface area (Å²) in [5, 5.41) is 15.0. The number of nitrogens with two attached hydrogens (primary N) is 4. The Morgan fingerprint density at radius 1 is 0.800 bits per heavy atom. The first-order chi connectivity index (χ1) is 16.8. The van der Waals surface area contributed by atoms with Gasteiger partial charge in [0.1, 0.15) is 18.1 Å². The second-order valence-electron chi connectivity index (χ2n) is 9.11. The molecule has 3 amide bonds. The molecule has 0 aromatic carbocycles. The van der Waals surface area contributed by atoms with Gasteiger partial charge in [-0.25, -0.2) is 4.79 Å². The molecule has 11 N–H and O–H groups in total. The van der Waals surface area contributed by atoms with Crippen LogP contribution in [-0.2, 0) is 19.2 Å². The van der Waals surface area contributed by atoms with E-state index >= 15 is 0 Å². The topological polar surface area (TPSA) is 220 Å². The van der Waals surface area contributed by atoms with Crippen LogP contribution in [0.5, 0.6) is 0 Å². The van der Waals surface area contributed by atoms with Crippen LogP contribution in [0.25, 0.3) is 0 Å². The van der Waals surface area contributed by atoms with E-state index in [0.29, 0.717) is 90.4 Å². The first-order valence-corrected chi connectivity index (χ1v) is 12.8. The quantitative estimate of drug-likeness (QED) is 0.112. The van der Waals surface area contributed by atoms with E-state index in [1.807, 2.05) is 0 Å². The highest BCUT2D eigenvalue weighted by molar-refractivity contribution is 5.94. The van der Waals surface area contributed by atoms with Gasteiger partial charge in [0.15, 0.2) is 0 Å². The fourth-order valence-corrected chi connectivity index (χ4v) is 4.19. The lowest BCUT2D eigenvalue weighted by Gasteiger charge is -2.29. The summed E-state index contributed by atoms with van der Waals surface area (Å²) in [7, 11) is 0. The normalized spacial score (nSPS) is 18.1. The predicted molar refractivity (Wildman–Crippen MR) is 133 cm³/mol. The Hall–Kier alpha value is -2.28. The molecular formula is C23H45N7O5. The van der Waals surface area contributed by atoms with Gasteiger partial charge in [-0.1, -0.05) is 6.42 Å². The van der Waals surface area contributed by atoms with Crippen molar-refractivity contribution in [3.63, 3.8) is 0 Å². The van der Waals surface area contributed by atoms with Crippen molar-refractivity contribution in [2.45, 2.75) is 94.8 Å². The lowest BCUT2D eigenvalue weighted by Crippen LogP contribution is -2.57. The number of rotatable bonds is 18. The van der Waals surface area contributed by atoms with Crippen LogP contribution in [0.3, 0.4) is 0 Å². The molecule has 0 spiro atoms. The summed E-state index contributed by atoms with van der Waals surface area (Å²) >= 11 is 0. The molecule has 1 saturated heterocycles. The monoisotopic (exact) mass is 499 g/mol. The highest BCUT2D eigenvalue weighted by atomic mass is 16.4. The molecule has 202 valence electrons. The molecular weight excluding hydrogens is 454 g/mol. The van der Waals surface area contributed by atoms with Crippen molar-refractivity contribution in [2.75, 3.05) is 26.2 Å². The van der Waals surface area contributed by atoms with Crippen LogP contribution in [0.4, 0.5) is 0 Å². The number of hydrogen-bond acceptors (Lipinski definition) is 8. The van der Waals surface area contributed by atoms with E-state index in [1.165, 1.54) is 4.90 Å². The number of amides is 3. The van der Waals surface area contributed by atoms with Crippen LogP contribution in [0.15, 0.2) is 0 Å². The lowest BCUT2D eigenvalue weighted by molar-refractivity contribution is -0.149. The Balaban J connectivity index is 2.93. The third-order valence-electron chi connectivity index (χ3n) is 6.27. The molecule has 1 heterocycles. The van der Waals surface area contributed by atoms with Crippen LogP contribution >= 0.6 is 0 Å². The minimum atomic E-state index is -1.06. The van der Waals surface area contributed by atoms with Crippen LogP contribution in [0, 0.1) is 0 Å². The van der Waals surface area contributed by atoms with Crippen LogP contribution in [0.2, 0.25) is 0 Å². The molecule has 12 heteroatoms.